The molecule has 0 radical (unpaired) electrons. The molecular formula is C20H18FN3O2S. The molecule has 0 spiro atoms. The number of nitrogens with zero attached hydrogens (tertiary/aromatic N) is 1. The minimum Gasteiger partial charge on any atom is -0.486 e. The molecule has 1 aromatic heterocycles. The first kappa shape index (κ1) is 17.5. The summed E-state index contributed by atoms with van der Waals surface area (Å²) < 4.78 is 19.5. The maximum Gasteiger partial charge on any atom is 0.255 e. The van der Waals surface area contributed by atoms with Crippen LogP contribution in [0.1, 0.15) is 38.4 Å². The summed E-state index contributed by atoms with van der Waals surface area (Å²) in [4.78, 5) is 16.9. The molecule has 7 heteroatoms. The number of hydrogen-bond donors (Lipinski definition) is 2. The van der Waals surface area contributed by atoms with Crippen molar-refractivity contribution >= 4 is 22.9 Å². The molecular weight excluding hydrogens is 365 g/mol. The Morgan fingerprint density at radius 1 is 1.19 bits per heavy atom. The predicted molar refractivity (Wildman–Crippen MR) is 103 cm³/mol. The number of anilines is 1. The van der Waals surface area contributed by atoms with Crippen LogP contribution in [0.5, 0.6) is 5.75 Å². The Hall–Kier alpha value is -2.93. The first-order valence-corrected chi connectivity index (χ1v) is 9.39. The van der Waals surface area contributed by atoms with Gasteiger partial charge in [0, 0.05) is 11.1 Å². The van der Waals surface area contributed by atoms with Crippen LogP contribution in [0.15, 0.2) is 41.8 Å². The molecule has 2 heterocycles. The number of nitrogens with one attached hydrogen (secondary N) is 2. The molecule has 0 saturated carbocycles. The fraction of sp³-hybridized carbons (Fsp3) is 0.200. The minimum atomic E-state index is -0.459. The first-order valence-electron chi connectivity index (χ1n) is 8.51. The van der Waals surface area contributed by atoms with Gasteiger partial charge in [-0.3, -0.25) is 4.79 Å². The van der Waals surface area contributed by atoms with Crippen LogP contribution in [0, 0.1) is 19.7 Å². The van der Waals surface area contributed by atoms with Crippen molar-refractivity contribution in [1.82, 2.24) is 10.3 Å². The van der Waals surface area contributed by atoms with Crippen LogP contribution in [0.4, 0.5) is 10.1 Å². The molecule has 0 aliphatic carbocycles. The second-order valence-electron chi connectivity index (χ2n) is 6.47. The van der Waals surface area contributed by atoms with Crippen LogP contribution in [0.3, 0.4) is 0 Å². The highest BCUT2D eigenvalue weighted by Crippen LogP contribution is 2.29. The van der Waals surface area contributed by atoms with Gasteiger partial charge in [-0.1, -0.05) is 17.7 Å². The molecule has 27 heavy (non-hydrogen) atoms. The van der Waals surface area contributed by atoms with Gasteiger partial charge in [0.25, 0.3) is 5.91 Å². The summed E-state index contributed by atoms with van der Waals surface area (Å²) in [7, 11) is 0. The van der Waals surface area contributed by atoms with E-state index >= 15 is 0 Å². The van der Waals surface area contributed by atoms with Crippen molar-refractivity contribution in [1.29, 1.82) is 0 Å². The number of benzene rings is 2. The van der Waals surface area contributed by atoms with Crippen LogP contribution in [-0.4, -0.2) is 10.9 Å². The lowest BCUT2D eigenvalue weighted by atomic mass is 10.1. The number of hydrogen-bond acceptors (Lipinski definition) is 5. The Morgan fingerprint density at radius 3 is 2.74 bits per heavy atom. The average Bonchev–Trinajstić information content (AvgIpc) is 3.12. The first-order chi connectivity index (χ1) is 13.0. The van der Waals surface area contributed by atoms with Crippen LogP contribution in [0.25, 0.3) is 0 Å². The summed E-state index contributed by atoms with van der Waals surface area (Å²) in [6.45, 7) is 4.05. The second-order valence-corrected chi connectivity index (χ2v) is 7.41. The second kappa shape index (κ2) is 7.00. The molecule has 1 aliphatic heterocycles. The highest BCUT2D eigenvalue weighted by atomic mass is 32.1. The number of thiazole rings is 1. The van der Waals surface area contributed by atoms with E-state index in [1.165, 1.54) is 23.0 Å². The number of aryl methyl sites for hydroxylation is 2. The number of carbonyl (C=O) groups is 1. The summed E-state index contributed by atoms with van der Waals surface area (Å²) in [6.07, 6.45) is -0.459. The van der Waals surface area contributed by atoms with Crippen molar-refractivity contribution in [2.75, 3.05) is 5.32 Å². The molecule has 5 nitrogen and oxygen atoms in total. The summed E-state index contributed by atoms with van der Waals surface area (Å²) in [6, 6.07) is 10.7. The molecule has 1 amide bonds. The van der Waals surface area contributed by atoms with Gasteiger partial charge in [0.1, 0.15) is 29.3 Å². The van der Waals surface area contributed by atoms with Crippen LogP contribution >= 0.6 is 11.3 Å². The van der Waals surface area contributed by atoms with Gasteiger partial charge in [0.15, 0.2) is 0 Å². The van der Waals surface area contributed by atoms with E-state index in [0.29, 0.717) is 29.1 Å². The van der Waals surface area contributed by atoms with E-state index in [2.05, 4.69) is 15.6 Å². The smallest absolute Gasteiger partial charge is 0.255 e. The van der Waals surface area contributed by atoms with Crippen LogP contribution in [0.2, 0.25) is 0 Å². The van der Waals surface area contributed by atoms with E-state index in [1.54, 1.807) is 13.0 Å². The SMILES string of the molecule is Cc1ccc(OCc2nc([C@H]3NC(=O)c4cc(F)c(C)cc4N3)cs2)cc1. The van der Waals surface area contributed by atoms with Crippen molar-refractivity contribution in [2.24, 2.45) is 0 Å². The third kappa shape index (κ3) is 3.64. The third-order valence-corrected chi connectivity index (χ3v) is 5.21. The molecule has 0 unspecified atom stereocenters. The summed E-state index contributed by atoms with van der Waals surface area (Å²) in [5, 5.41) is 8.72. The molecule has 1 atom stereocenters. The normalized spacial score (nSPS) is 15.7. The molecule has 4 rings (SSSR count). The number of fused-ring (bicyclic) bond motifs is 1. The Kier molecular flexibility index (Phi) is 4.53. The van der Waals surface area contributed by atoms with Crippen molar-refractivity contribution in [3.63, 3.8) is 0 Å². The Balaban J connectivity index is 1.47. The van der Waals surface area contributed by atoms with E-state index in [4.69, 9.17) is 4.74 Å². The Morgan fingerprint density at radius 2 is 1.96 bits per heavy atom. The summed E-state index contributed by atoms with van der Waals surface area (Å²) in [5.41, 5.74) is 3.26. The molecule has 0 fully saturated rings. The summed E-state index contributed by atoms with van der Waals surface area (Å²) >= 11 is 1.47. The van der Waals surface area contributed by atoms with Gasteiger partial charge in [0.2, 0.25) is 0 Å². The van der Waals surface area contributed by atoms with Gasteiger partial charge in [-0.25, -0.2) is 9.37 Å². The zero-order valence-electron chi connectivity index (χ0n) is 14.9. The predicted octanol–water partition coefficient (Wildman–Crippen LogP) is 4.33. The molecule has 1 aliphatic rings. The van der Waals surface area contributed by atoms with E-state index in [0.717, 1.165) is 10.8 Å². The van der Waals surface area contributed by atoms with Crippen molar-refractivity contribution in [3.8, 4) is 5.75 Å². The average molecular weight is 383 g/mol. The highest BCUT2D eigenvalue weighted by Gasteiger charge is 2.27. The van der Waals surface area contributed by atoms with Gasteiger partial charge < -0.3 is 15.4 Å². The lowest BCUT2D eigenvalue weighted by Gasteiger charge is -2.27. The molecule has 138 valence electrons. The number of amides is 1. The maximum atomic E-state index is 13.7. The molecule has 0 saturated heterocycles. The van der Waals surface area contributed by atoms with E-state index < -0.39 is 12.0 Å². The minimum absolute atomic E-state index is 0.299. The maximum absolute atomic E-state index is 13.7. The number of aromatic nitrogens is 1. The lowest BCUT2D eigenvalue weighted by molar-refractivity contribution is 0.0934. The quantitative estimate of drug-likeness (QED) is 0.704. The number of halogens is 1. The van der Waals surface area contributed by atoms with Gasteiger partial charge in [-0.15, -0.1) is 11.3 Å². The van der Waals surface area contributed by atoms with Crippen LogP contribution in [-0.2, 0) is 6.61 Å². The fourth-order valence-electron chi connectivity index (χ4n) is 2.84. The van der Waals surface area contributed by atoms with Gasteiger partial charge in [0.05, 0.1) is 11.3 Å². The van der Waals surface area contributed by atoms with Gasteiger partial charge in [-0.2, -0.15) is 0 Å². The van der Waals surface area contributed by atoms with Crippen molar-refractivity contribution < 1.29 is 13.9 Å². The Bertz CT molecular complexity index is 1000. The van der Waals surface area contributed by atoms with E-state index in [1.807, 2.05) is 36.6 Å². The largest absolute Gasteiger partial charge is 0.486 e. The lowest BCUT2D eigenvalue weighted by Crippen LogP contribution is -2.38. The number of ether oxygens (including phenoxy) is 1. The monoisotopic (exact) mass is 383 g/mol. The Labute approximate surface area is 160 Å². The topological polar surface area (TPSA) is 63.2 Å². The molecule has 2 aromatic carbocycles. The number of rotatable bonds is 4. The highest BCUT2D eigenvalue weighted by molar-refractivity contribution is 7.09. The zero-order chi connectivity index (χ0) is 19.0. The van der Waals surface area contributed by atoms with Crippen molar-refractivity contribution in [2.45, 2.75) is 26.6 Å². The van der Waals surface area contributed by atoms with E-state index in [9.17, 15) is 9.18 Å². The molecule has 0 bridgehead atoms. The van der Waals surface area contributed by atoms with Gasteiger partial charge in [-0.05, 0) is 43.7 Å². The summed E-state index contributed by atoms with van der Waals surface area (Å²) in [5.74, 6) is 0.0688. The van der Waals surface area contributed by atoms with E-state index in [-0.39, 0.29) is 5.91 Å². The van der Waals surface area contributed by atoms with Gasteiger partial charge >= 0.3 is 0 Å². The van der Waals surface area contributed by atoms with Crippen LogP contribution < -0.4 is 15.4 Å². The zero-order valence-corrected chi connectivity index (χ0v) is 15.7. The molecule has 2 N–H and O–H groups in total. The fourth-order valence-corrected chi connectivity index (χ4v) is 3.57. The third-order valence-electron chi connectivity index (χ3n) is 4.37. The standard InChI is InChI=1S/C20H18FN3O2S/c1-11-3-5-13(6-4-11)26-9-18-22-17(10-27-18)19-23-16-7-12(2)15(21)8-14(16)20(25)24-19/h3-8,10,19,23H,9H2,1-2H3,(H,24,25)/t19-/m1/s1. The van der Waals surface area contributed by atoms with Crippen molar-refractivity contribution in [3.05, 3.63) is 75.0 Å². The molecule has 3 aromatic rings. The number of carbonyl (C=O) groups excluding carboxylic acids is 1.